The number of fused-ring (bicyclic) bond motifs is 1. The standard InChI is InChI=1S/C25H27FN2O5S/c1-4-33-16-11-9-15(10-12-16)28-22(29)19-20(23(28)30)25(13-14-34-3,24(31)32-2)27-21(19)17-7-5-6-8-18(17)26/h5-12,19-21,27H,4,13-14H2,1-3H3/t19-,20-,21-,25+/m0/s1. The lowest BCUT2D eigenvalue weighted by Gasteiger charge is -2.32. The van der Waals surface area contributed by atoms with Crippen molar-refractivity contribution in [2.75, 3.05) is 30.6 Å². The molecule has 2 heterocycles. The number of rotatable bonds is 8. The molecule has 9 heteroatoms. The Labute approximate surface area is 202 Å². The quantitative estimate of drug-likeness (QED) is 0.453. The summed E-state index contributed by atoms with van der Waals surface area (Å²) in [5, 5.41) is 3.19. The molecule has 2 aromatic carbocycles. The van der Waals surface area contributed by atoms with E-state index in [1.807, 2.05) is 13.2 Å². The number of halogens is 1. The summed E-state index contributed by atoms with van der Waals surface area (Å²) in [6.07, 6.45) is 2.14. The van der Waals surface area contributed by atoms with Gasteiger partial charge in [-0.05, 0) is 55.7 Å². The molecule has 0 bridgehead atoms. The molecule has 180 valence electrons. The van der Waals surface area contributed by atoms with Crippen molar-refractivity contribution in [3.8, 4) is 5.75 Å². The Morgan fingerprint density at radius 3 is 2.47 bits per heavy atom. The van der Waals surface area contributed by atoms with Crippen LogP contribution in [0.25, 0.3) is 0 Å². The number of ether oxygens (including phenoxy) is 2. The smallest absolute Gasteiger partial charge is 0.326 e. The largest absolute Gasteiger partial charge is 0.494 e. The van der Waals surface area contributed by atoms with Crippen molar-refractivity contribution in [2.45, 2.75) is 24.9 Å². The molecule has 7 nitrogen and oxygen atoms in total. The minimum Gasteiger partial charge on any atom is -0.494 e. The normalized spacial score (nSPS) is 26.0. The lowest BCUT2D eigenvalue weighted by molar-refractivity contribution is -0.152. The average Bonchev–Trinajstić information content (AvgIpc) is 3.32. The maximum Gasteiger partial charge on any atom is 0.326 e. The Morgan fingerprint density at radius 2 is 1.85 bits per heavy atom. The Hall–Kier alpha value is -2.91. The van der Waals surface area contributed by atoms with Crippen LogP contribution in [0.3, 0.4) is 0 Å². The van der Waals surface area contributed by atoms with E-state index in [4.69, 9.17) is 9.47 Å². The SMILES string of the molecule is CCOc1ccc(N2C(=O)[C@H]3[C@@H](C2=O)[C@](CCSC)(C(=O)OC)N[C@H]3c2ccccc2F)cc1. The zero-order chi connectivity index (χ0) is 24.5. The first-order chi connectivity index (χ1) is 16.4. The second kappa shape index (κ2) is 9.76. The van der Waals surface area contributed by atoms with Gasteiger partial charge in [-0.2, -0.15) is 11.8 Å². The number of benzene rings is 2. The number of methoxy groups -OCH3 is 1. The van der Waals surface area contributed by atoms with Crippen molar-refractivity contribution >= 4 is 35.2 Å². The van der Waals surface area contributed by atoms with Gasteiger partial charge in [-0.1, -0.05) is 18.2 Å². The lowest BCUT2D eigenvalue weighted by atomic mass is 9.78. The summed E-state index contributed by atoms with van der Waals surface area (Å²) in [7, 11) is 1.25. The molecule has 0 aromatic heterocycles. The van der Waals surface area contributed by atoms with Gasteiger partial charge < -0.3 is 9.47 Å². The molecule has 2 amide bonds. The second-order valence-electron chi connectivity index (χ2n) is 8.29. The number of nitrogens with one attached hydrogen (secondary N) is 1. The Kier molecular flexibility index (Phi) is 6.95. The molecular formula is C25H27FN2O5S. The monoisotopic (exact) mass is 486 g/mol. The van der Waals surface area contributed by atoms with Gasteiger partial charge in [0.25, 0.3) is 0 Å². The van der Waals surface area contributed by atoms with Crippen LogP contribution in [0.5, 0.6) is 5.75 Å². The van der Waals surface area contributed by atoms with Crippen molar-refractivity contribution in [1.29, 1.82) is 0 Å². The number of hydrogen-bond acceptors (Lipinski definition) is 7. The topological polar surface area (TPSA) is 84.9 Å². The highest BCUT2D eigenvalue weighted by Crippen LogP contribution is 2.51. The fraction of sp³-hybridized carbons (Fsp3) is 0.400. The van der Waals surface area contributed by atoms with Gasteiger partial charge in [-0.15, -0.1) is 0 Å². The van der Waals surface area contributed by atoms with Gasteiger partial charge in [0.1, 0.15) is 17.1 Å². The first kappa shape index (κ1) is 24.2. The number of thioether (sulfide) groups is 1. The molecule has 34 heavy (non-hydrogen) atoms. The van der Waals surface area contributed by atoms with E-state index in [2.05, 4.69) is 5.32 Å². The second-order valence-corrected chi connectivity index (χ2v) is 9.28. The number of carbonyl (C=O) groups is 3. The van der Waals surface area contributed by atoms with E-state index < -0.39 is 47.0 Å². The molecule has 4 atom stereocenters. The summed E-state index contributed by atoms with van der Waals surface area (Å²) in [4.78, 5) is 41.8. The molecule has 0 aliphatic carbocycles. The molecule has 2 aromatic rings. The number of nitrogens with zero attached hydrogens (tertiary/aromatic N) is 1. The summed E-state index contributed by atoms with van der Waals surface area (Å²) < 4.78 is 25.4. The van der Waals surface area contributed by atoms with Gasteiger partial charge in [0.15, 0.2) is 0 Å². The molecule has 1 N–H and O–H groups in total. The minimum atomic E-state index is -1.46. The number of hydrogen-bond donors (Lipinski definition) is 1. The highest BCUT2D eigenvalue weighted by atomic mass is 32.2. The third-order valence-corrected chi connectivity index (χ3v) is 7.16. The van der Waals surface area contributed by atoms with Gasteiger partial charge in [-0.3, -0.25) is 19.7 Å². The fourth-order valence-electron chi connectivity index (χ4n) is 5.07. The summed E-state index contributed by atoms with van der Waals surface area (Å²) in [5.41, 5.74) is -0.840. The van der Waals surface area contributed by atoms with Crippen LogP contribution in [0.15, 0.2) is 48.5 Å². The molecule has 2 aliphatic rings. The van der Waals surface area contributed by atoms with Crippen LogP contribution in [0.4, 0.5) is 10.1 Å². The maximum absolute atomic E-state index is 14.9. The van der Waals surface area contributed by atoms with E-state index in [9.17, 15) is 18.8 Å². The number of amides is 2. The number of esters is 1. The molecule has 2 aliphatic heterocycles. The fourth-order valence-corrected chi connectivity index (χ4v) is 5.60. The zero-order valence-electron chi connectivity index (χ0n) is 19.2. The van der Waals surface area contributed by atoms with E-state index in [1.165, 1.54) is 24.9 Å². The summed E-state index contributed by atoms with van der Waals surface area (Å²) in [6.45, 7) is 2.34. The van der Waals surface area contributed by atoms with Crippen molar-refractivity contribution in [3.63, 3.8) is 0 Å². The average molecular weight is 487 g/mol. The third kappa shape index (κ3) is 3.86. The van der Waals surface area contributed by atoms with Crippen LogP contribution in [0.1, 0.15) is 24.9 Å². The molecule has 0 saturated carbocycles. The van der Waals surface area contributed by atoms with Gasteiger partial charge in [0.2, 0.25) is 11.8 Å². The van der Waals surface area contributed by atoms with Gasteiger partial charge in [0.05, 0.1) is 31.2 Å². The van der Waals surface area contributed by atoms with Crippen LogP contribution >= 0.6 is 11.8 Å². The van der Waals surface area contributed by atoms with Crippen LogP contribution in [0, 0.1) is 17.7 Å². The van der Waals surface area contributed by atoms with Crippen LogP contribution in [-0.4, -0.2) is 49.0 Å². The molecule has 2 fully saturated rings. The van der Waals surface area contributed by atoms with E-state index in [0.29, 0.717) is 23.8 Å². The van der Waals surface area contributed by atoms with Crippen LogP contribution in [-0.2, 0) is 19.1 Å². The van der Waals surface area contributed by atoms with Crippen molar-refractivity contribution in [1.82, 2.24) is 5.32 Å². The van der Waals surface area contributed by atoms with E-state index in [1.54, 1.807) is 42.5 Å². The molecule has 2 saturated heterocycles. The molecule has 4 rings (SSSR count). The first-order valence-electron chi connectivity index (χ1n) is 11.1. The highest BCUT2D eigenvalue weighted by Gasteiger charge is 2.68. The van der Waals surface area contributed by atoms with Crippen molar-refractivity contribution in [2.24, 2.45) is 11.8 Å². The summed E-state index contributed by atoms with van der Waals surface area (Å²) in [6, 6.07) is 11.9. The van der Waals surface area contributed by atoms with E-state index in [-0.39, 0.29) is 12.0 Å². The Bertz CT molecular complexity index is 1090. The first-order valence-corrected chi connectivity index (χ1v) is 12.5. The Morgan fingerprint density at radius 1 is 1.15 bits per heavy atom. The van der Waals surface area contributed by atoms with Crippen LogP contribution < -0.4 is 15.0 Å². The molecule has 0 spiro atoms. The predicted octanol–water partition coefficient (Wildman–Crippen LogP) is 3.34. The Balaban J connectivity index is 1.83. The number of anilines is 1. The third-order valence-electron chi connectivity index (χ3n) is 6.55. The van der Waals surface area contributed by atoms with Crippen molar-refractivity contribution in [3.05, 3.63) is 59.9 Å². The molecule has 0 radical (unpaired) electrons. The number of imide groups is 1. The summed E-state index contributed by atoms with van der Waals surface area (Å²) in [5.74, 6) is -2.96. The van der Waals surface area contributed by atoms with Crippen LogP contribution in [0.2, 0.25) is 0 Å². The number of carbonyl (C=O) groups excluding carboxylic acids is 3. The zero-order valence-corrected chi connectivity index (χ0v) is 20.1. The van der Waals surface area contributed by atoms with E-state index >= 15 is 0 Å². The van der Waals surface area contributed by atoms with Crippen molar-refractivity contribution < 1.29 is 28.2 Å². The van der Waals surface area contributed by atoms with Gasteiger partial charge in [0, 0.05) is 11.6 Å². The van der Waals surface area contributed by atoms with Gasteiger partial charge in [-0.25, -0.2) is 9.29 Å². The predicted molar refractivity (Wildman–Crippen MR) is 127 cm³/mol. The lowest BCUT2D eigenvalue weighted by Crippen LogP contribution is -2.56. The van der Waals surface area contributed by atoms with Gasteiger partial charge >= 0.3 is 5.97 Å². The molecule has 0 unspecified atom stereocenters. The highest BCUT2D eigenvalue weighted by molar-refractivity contribution is 7.98. The summed E-state index contributed by atoms with van der Waals surface area (Å²) >= 11 is 1.51. The van der Waals surface area contributed by atoms with E-state index in [0.717, 1.165) is 4.90 Å². The minimum absolute atomic E-state index is 0.238. The maximum atomic E-state index is 14.9. The molecular weight excluding hydrogens is 459 g/mol.